The summed E-state index contributed by atoms with van der Waals surface area (Å²) < 4.78 is 23.1. The van der Waals surface area contributed by atoms with Crippen LogP contribution in [0.5, 0.6) is 0 Å². The molecule has 4 nitrogen and oxygen atoms in total. The molecule has 104 valence electrons. The number of sulfone groups is 1. The van der Waals surface area contributed by atoms with Crippen LogP contribution in [0, 0.1) is 5.41 Å². The van der Waals surface area contributed by atoms with Crippen LogP contribution in [0.25, 0.3) is 0 Å². The number of aliphatic hydroxyl groups excluding tert-OH is 1. The van der Waals surface area contributed by atoms with Gasteiger partial charge >= 0.3 is 0 Å². The molecule has 0 radical (unpaired) electrons. The lowest BCUT2D eigenvalue weighted by molar-refractivity contribution is 0.0328. The first-order valence-corrected chi connectivity index (χ1v) is 8.94. The number of piperidine rings is 1. The zero-order valence-electron chi connectivity index (χ0n) is 10.8. The summed E-state index contributed by atoms with van der Waals surface area (Å²) in [5.74, 6) is 0.112. The molecule has 0 aromatic heterocycles. The van der Waals surface area contributed by atoms with Gasteiger partial charge in [-0.25, -0.2) is 8.42 Å². The van der Waals surface area contributed by atoms with Crippen molar-refractivity contribution in [3.8, 4) is 0 Å². The molecular formula is C13H23NO3S. The summed E-state index contributed by atoms with van der Waals surface area (Å²) in [5, 5.41) is 9.91. The fourth-order valence-corrected chi connectivity index (χ4v) is 5.95. The summed E-state index contributed by atoms with van der Waals surface area (Å²) in [6, 6.07) is -0.145. The minimum absolute atomic E-state index is 0.0424. The van der Waals surface area contributed by atoms with E-state index in [1.165, 1.54) is 38.5 Å². The van der Waals surface area contributed by atoms with Gasteiger partial charge in [-0.15, -0.1) is 0 Å². The van der Waals surface area contributed by atoms with Crippen molar-refractivity contribution < 1.29 is 13.5 Å². The highest BCUT2D eigenvalue weighted by Gasteiger charge is 2.44. The van der Waals surface area contributed by atoms with Crippen molar-refractivity contribution in [2.75, 3.05) is 24.6 Å². The molecule has 18 heavy (non-hydrogen) atoms. The van der Waals surface area contributed by atoms with Gasteiger partial charge in [-0.05, 0) is 44.2 Å². The van der Waals surface area contributed by atoms with Gasteiger partial charge in [0.1, 0.15) is 0 Å². The van der Waals surface area contributed by atoms with E-state index in [2.05, 4.69) is 4.90 Å². The minimum atomic E-state index is -3.01. The number of nitrogens with zero attached hydrogens (tertiary/aromatic N) is 1. The second kappa shape index (κ2) is 4.46. The van der Waals surface area contributed by atoms with Crippen LogP contribution in [0.2, 0.25) is 0 Å². The Balaban J connectivity index is 1.63. The minimum Gasteiger partial charge on any atom is -0.390 e. The fraction of sp³-hybridized carbons (Fsp3) is 1.00. The molecule has 0 amide bonds. The molecule has 1 saturated carbocycles. The standard InChI is InChI=1S/C13H23NO3S/c15-12-10-18(16,17)9-11(12)14-7-5-13(6-8-14)3-1-2-4-13/h11-12,15H,1-10H2. The predicted molar refractivity (Wildman–Crippen MR) is 70.2 cm³/mol. The highest BCUT2D eigenvalue weighted by atomic mass is 32.2. The lowest BCUT2D eigenvalue weighted by Gasteiger charge is -2.42. The van der Waals surface area contributed by atoms with E-state index in [1.807, 2.05) is 0 Å². The molecule has 1 N–H and O–H groups in total. The molecule has 2 saturated heterocycles. The highest BCUT2D eigenvalue weighted by Crippen LogP contribution is 2.46. The third kappa shape index (κ3) is 2.32. The molecule has 3 aliphatic rings. The largest absolute Gasteiger partial charge is 0.390 e. The number of hydrogen-bond acceptors (Lipinski definition) is 4. The average molecular weight is 273 g/mol. The number of aliphatic hydroxyl groups is 1. The van der Waals surface area contributed by atoms with Crippen LogP contribution >= 0.6 is 0 Å². The van der Waals surface area contributed by atoms with E-state index in [0.29, 0.717) is 5.41 Å². The Labute approximate surface area is 109 Å². The zero-order valence-corrected chi connectivity index (χ0v) is 11.7. The summed E-state index contributed by atoms with van der Waals surface area (Å²) in [6.07, 6.45) is 7.14. The van der Waals surface area contributed by atoms with Gasteiger partial charge in [0.05, 0.1) is 23.7 Å². The van der Waals surface area contributed by atoms with Crippen LogP contribution in [0.4, 0.5) is 0 Å². The molecule has 3 fully saturated rings. The Hall–Kier alpha value is -0.130. The fourth-order valence-electron chi connectivity index (χ4n) is 4.11. The third-order valence-corrected chi connectivity index (χ3v) is 6.98. The van der Waals surface area contributed by atoms with Crippen LogP contribution < -0.4 is 0 Å². The second-order valence-corrected chi connectivity index (χ2v) is 8.61. The van der Waals surface area contributed by atoms with Gasteiger partial charge in [0, 0.05) is 0 Å². The first-order valence-electron chi connectivity index (χ1n) is 7.12. The van der Waals surface area contributed by atoms with Gasteiger partial charge in [0.25, 0.3) is 0 Å². The lowest BCUT2D eigenvalue weighted by Crippen LogP contribution is -2.49. The highest BCUT2D eigenvalue weighted by molar-refractivity contribution is 7.91. The van der Waals surface area contributed by atoms with E-state index < -0.39 is 15.9 Å². The Morgan fingerprint density at radius 2 is 1.61 bits per heavy atom. The molecule has 5 heteroatoms. The smallest absolute Gasteiger partial charge is 0.154 e. The maximum atomic E-state index is 11.6. The molecule has 1 spiro atoms. The molecule has 2 aliphatic heterocycles. The van der Waals surface area contributed by atoms with Crippen LogP contribution in [-0.2, 0) is 9.84 Å². The molecule has 1 aliphatic carbocycles. The zero-order chi connectivity index (χ0) is 12.8. The van der Waals surface area contributed by atoms with E-state index in [-0.39, 0.29) is 17.5 Å². The Kier molecular flexibility index (Phi) is 3.19. The lowest BCUT2D eigenvalue weighted by atomic mass is 9.77. The molecular weight excluding hydrogens is 250 g/mol. The van der Waals surface area contributed by atoms with Gasteiger partial charge in [-0.2, -0.15) is 0 Å². The van der Waals surface area contributed by atoms with E-state index in [0.717, 1.165) is 13.1 Å². The number of likely N-dealkylation sites (tertiary alicyclic amines) is 1. The Bertz CT molecular complexity index is 404. The van der Waals surface area contributed by atoms with E-state index in [4.69, 9.17) is 0 Å². The third-order valence-electron chi connectivity index (χ3n) is 5.29. The first kappa shape index (κ1) is 12.9. The molecule has 0 aromatic carbocycles. The molecule has 2 atom stereocenters. The summed E-state index contributed by atoms with van der Waals surface area (Å²) in [5.41, 5.74) is 0.554. The number of hydrogen-bond donors (Lipinski definition) is 1. The van der Waals surface area contributed by atoms with Crippen LogP contribution in [0.15, 0.2) is 0 Å². The maximum absolute atomic E-state index is 11.6. The van der Waals surface area contributed by atoms with E-state index >= 15 is 0 Å². The van der Waals surface area contributed by atoms with E-state index in [9.17, 15) is 13.5 Å². The molecule has 3 rings (SSSR count). The summed E-state index contributed by atoms with van der Waals surface area (Å²) in [6.45, 7) is 1.94. The van der Waals surface area contributed by atoms with Crippen LogP contribution in [0.1, 0.15) is 38.5 Å². The van der Waals surface area contributed by atoms with Crippen molar-refractivity contribution in [1.29, 1.82) is 0 Å². The van der Waals surface area contributed by atoms with Gasteiger partial charge in [0.15, 0.2) is 9.84 Å². The van der Waals surface area contributed by atoms with Crippen molar-refractivity contribution in [2.45, 2.75) is 50.7 Å². The number of rotatable bonds is 1. The van der Waals surface area contributed by atoms with Gasteiger partial charge in [-0.3, -0.25) is 4.90 Å². The topological polar surface area (TPSA) is 57.6 Å². The summed E-state index contributed by atoms with van der Waals surface area (Å²) in [4.78, 5) is 2.22. The second-order valence-electron chi connectivity index (χ2n) is 6.45. The van der Waals surface area contributed by atoms with Crippen molar-refractivity contribution in [2.24, 2.45) is 5.41 Å². The van der Waals surface area contributed by atoms with Crippen molar-refractivity contribution in [3.63, 3.8) is 0 Å². The van der Waals surface area contributed by atoms with Crippen molar-refractivity contribution in [3.05, 3.63) is 0 Å². The maximum Gasteiger partial charge on any atom is 0.154 e. The quantitative estimate of drug-likeness (QED) is 0.768. The normalized spacial score (nSPS) is 39.4. The Morgan fingerprint density at radius 1 is 1.00 bits per heavy atom. The van der Waals surface area contributed by atoms with Gasteiger partial charge < -0.3 is 5.11 Å². The average Bonchev–Trinajstić information content (AvgIpc) is 2.85. The monoisotopic (exact) mass is 273 g/mol. The summed E-state index contributed by atoms with van der Waals surface area (Å²) in [7, 11) is -3.01. The van der Waals surface area contributed by atoms with Crippen molar-refractivity contribution >= 4 is 9.84 Å². The predicted octanol–water partition coefficient (Wildman–Crippen LogP) is 0.800. The van der Waals surface area contributed by atoms with Gasteiger partial charge in [0.2, 0.25) is 0 Å². The molecule has 0 aromatic rings. The Morgan fingerprint density at radius 3 is 2.11 bits per heavy atom. The van der Waals surface area contributed by atoms with E-state index in [1.54, 1.807) is 0 Å². The SMILES string of the molecule is O=S1(=O)CC(O)C(N2CCC3(CCCC3)CC2)C1. The molecule has 2 unspecified atom stereocenters. The van der Waals surface area contributed by atoms with Crippen LogP contribution in [-0.4, -0.2) is 55.2 Å². The van der Waals surface area contributed by atoms with Crippen molar-refractivity contribution in [1.82, 2.24) is 4.90 Å². The molecule has 2 heterocycles. The van der Waals surface area contributed by atoms with Crippen LogP contribution in [0.3, 0.4) is 0 Å². The van der Waals surface area contributed by atoms with Gasteiger partial charge in [-0.1, -0.05) is 12.8 Å². The first-order chi connectivity index (χ1) is 8.50. The molecule has 0 bridgehead atoms. The summed E-state index contributed by atoms with van der Waals surface area (Å²) >= 11 is 0.